The van der Waals surface area contributed by atoms with E-state index < -0.39 is 5.41 Å². The summed E-state index contributed by atoms with van der Waals surface area (Å²) < 4.78 is 0. The molecule has 2 amide bonds. The van der Waals surface area contributed by atoms with Crippen molar-refractivity contribution in [1.29, 1.82) is 0 Å². The number of para-hydroxylation sites is 1. The van der Waals surface area contributed by atoms with Gasteiger partial charge in [0.25, 0.3) is 0 Å². The maximum absolute atomic E-state index is 12.3. The topological polar surface area (TPSA) is 74.0 Å². The molecule has 0 aliphatic carbocycles. The van der Waals surface area contributed by atoms with Crippen LogP contribution in [-0.2, 0) is 16.0 Å². The average molecular weight is 315 g/mol. The number of aromatic amines is 1. The molecule has 5 nitrogen and oxygen atoms in total. The van der Waals surface area contributed by atoms with Crippen LogP contribution in [0.1, 0.15) is 32.8 Å². The van der Waals surface area contributed by atoms with Crippen molar-refractivity contribution in [2.24, 2.45) is 5.41 Å². The lowest BCUT2D eigenvalue weighted by atomic mass is 9.91. The number of carbonyl (C=O) groups excluding carboxylic acids is 2. The van der Waals surface area contributed by atoms with Crippen molar-refractivity contribution in [2.45, 2.75) is 33.6 Å². The fraction of sp³-hybridized carbons (Fsp3) is 0.444. The molecule has 0 aliphatic rings. The van der Waals surface area contributed by atoms with Gasteiger partial charge in [0.05, 0.1) is 0 Å². The van der Waals surface area contributed by atoms with Gasteiger partial charge in [-0.3, -0.25) is 9.59 Å². The molecule has 1 heterocycles. The van der Waals surface area contributed by atoms with Crippen LogP contribution in [0.25, 0.3) is 10.9 Å². The maximum atomic E-state index is 12.3. The molecule has 0 bridgehead atoms. The average Bonchev–Trinajstić information content (AvgIpc) is 2.95. The molecule has 2 aromatic rings. The van der Waals surface area contributed by atoms with E-state index in [4.69, 9.17) is 0 Å². The van der Waals surface area contributed by atoms with Gasteiger partial charge >= 0.3 is 0 Å². The van der Waals surface area contributed by atoms with Crippen LogP contribution < -0.4 is 10.6 Å². The van der Waals surface area contributed by atoms with E-state index in [0.717, 1.165) is 23.9 Å². The van der Waals surface area contributed by atoms with Crippen LogP contribution in [0, 0.1) is 5.41 Å². The number of fused-ring (bicyclic) bond motifs is 1. The molecule has 1 aromatic heterocycles. The van der Waals surface area contributed by atoms with E-state index in [-0.39, 0.29) is 11.8 Å². The molecule has 0 saturated carbocycles. The SMILES string of the molecule is CCCNC(=O)C(C)(C)C(=O)NCCc1c[nH]c2ccccc12. The highest BCUT2D eigenvalue weighted by Crippen LogP contribution is 2.18. The lowest BCUT2D eigenvalue weighted by Crippen LogP contribution is -2.48. The maximum Gasteiger partial charge on any atom is 0.235 e. The molecule has 23 heavy (non-hydrogen) atoms. The fourth-order valence-electron chi connectivity index (χ4n) is 2.43. The molecule has 2 rings (SSSR count). The highest BCUT2D eigenvalue weighted by molar-refractivity contribution is 6.04. The minimum absolute atomic E-state index is 0.232. The molecule has 3 N–H and O–H groups in total. The summed E-state index contributed by atoms with van der Waals surface area (Å²) in [7, 11) is 0. The standard InChI is InChI=1S/C18H25N3O2/c1-4-10-19-16(22)18(2,3)17(23)20-11-9-13-12-21-15-8-6-5-7-14(13)15/h5-8,12,21H,4,9-11H2,1-3H3,(H,19,22)(H,20,23). The summed E-state index contributed by atoms with van der Waals surface area (Å²) in [5, 5.41) is 6.81. The van der Waals surface area contributed by atoms with Crippen LogP contribution in [0.5, 0.6) is 0 Å². The Bertz CT molecular complexity index is 688. The Labute approximate surface area is 136 Å². The number of carbonyl (C=O) groups is 2. The van der Waals surface area contributed by atoms with Gasteiger partial charge in [-0.05, 0) is 38.3 Å². The Balaban J connectivity index is 1.90. The van der Waals surface area contributed by atoms with E-state index in [1.54, 1.807) is 13.8 Å². The van der Waals surface area contributed by atoms with Crippen molar-refractivity contribution < 1.29 is 9.59 Å². The first-order chi connectivity index (χ1) is 11.0. The molecule has 0 unspecified atom stereocenters. The molecule has 0 saturated heterocycles. The summed E-state index contributed by atoms with van der Waals surface area (Å²) in [6.45, 7) is 6.38. The second-order valence-corrected chi connectivity index (χ2v) is 6.25. The Morgan fingerprint density at radius 1 is 1.09 bits per heavy atom. The summed E-state index contributed by atoms with van der Waals surface area (Å²) in [5.74, 6) is -0.477. The molecule has 0 spiro atoms. The zero-order valence-corrected chi connectivity index (χ0v) is 14.0. The molecule has 0 fully saturated rings. The van der Waals surface area contributed by atoms with Gasteiger partial charge in [0, 0.05) is 30.2 Å². The highest BCUT2D eigenvalue weighted by Gasteiger charge is 2.35. The van der Waals surface area contributed by atoms with Gasteiger partial charge in [0.15, 0.2) is 0 Å². The lowest BCUT2D eigenvalue weighted by Gasteiger charge is -2.22. The monoisotopic (exact) mass is 315 g/mol. The van der Waals surface area contributed by atoms with Gasteiger partial charge < -0.3 is 15.6 Å². The zero-order chi connectivity index (χ0) is 16.9. The van der Waals surface area contributed by atoms with Crippen LogP contribution in [-0.4, -0.2) is 29.9 Å². The smallest absolute Gasteiger partial charge is 0.235 e. The minimum Gasteiger partial charge on any atom is -0.361 e. The van der Waals surface area contributed by atoms with Gasteiger partial charge in [0.2, 0.25) is 11.8 Å². The molecule has 1 aromatic carbocycles. The summed E-state index contributed by atoms with van der Waals surface area (Å²) >= 11 is 0. The van der Waals surface area contributed by atoms with Gasteiger partial charge in [-0.25, -0.2) is 0 Å². The Kier molecular flexibility index (Phi) is 5.42. The van der Waals surface area contributed by atoms with Crippen molar-refractivity contribution in [3.8, 4) is 0 Å². The first kappa shape index (κ1) is 17.1. The van der Waals surface area contributed by atoms with Crippen molar-refractivity contribution >= 4 is 22.7 Å². The van der Waals surface area contributed by atoms with E-state index in [0.29, 0.717) is 13.1 Å². The number of hydrogen-bond donors (Lipinski definition) is 3. The second kappa shape index (κ2) is 7.31. The number of hydrogen-bond acceptors (Lipinski definition) is 2. The number of H-pyrrole nitrogens is 1. The van der Waals surface area contributed by atoms with Crippen molar-refractivity contribution in [2.75, 3.05) is 13.1 Å². The molecular weight excluding hydrogens is 290 g/mol. The first-order valence-electron chi connectivity index (χ1n) is 8.08. The van der Waals surface area contributed by atoms with Crippen LogP contribution >= 0.6 is 0 Å². The number of amides is 2. The van der Waals surface area contributed by atoms with Gasteiger partial charge in [-0.2, -0.15) is 0 Å². The van der Waals surface area contributed by atoms with Crippen LogP contribution in [0.2, 0.25) is 0 Å². The summed E-state index contributed by atoms with van der Waals surface area (Å²) in [6, 6.07) is 8.07. The molecule has 5 heteroatoms. The quantitative estimate of drug-likeness (QED) is 0.686. The minimum atomic E-state index is -1.06. The molecule has 0 aliphatic heterocycles. The lowest BCUT2D eigenvalue weighted by molar-refractivity contribution is -0.141. The third-order valence-electron chi connectivity index (χ3n) is 4.03. The van der Waals surface area contributed by atoms with Gasteiger partial charge in [0.1, 0.15) is 5.41 Å². The van der Waals surface area contributed by atoms with E-state index >= 15 is 0 Å². The number of rotatable bonds is 7. The third-order valence-corrected chi connectivity index (χ3v) is 4.03. The molecule has 124 valence electrons. The predicted octanol–water partition coefficient (Wildman–Crippen LogP) is 2.38. The largest absolute Gasteiger partial charge is 0.361 e. The van der Waals surface area contributed by atoms with E-state index in [1.807, 2.05) is 31.3 Å². The number of aromatic nitrogens is 1. The van der Waals surface area contributed by atoms with Crippen molar-refractivity contribution in [1.82, 2.24) is 15.6 Å². The second-order valence-electron chi connectivity index (χ2n) is 6.25. The summed E-state index contributed by atoms with van der Waals surface area (Å²) in [5.41, 5.74) is 1.19. The van der Waals surface area contributed by atoms with Crippen molar-refractivity contribution in [3.63, 3.8) is 0 Å². The van der Waals surface area contributed by atoms with Gasteiger partial charge in [-0.1, -0.05) is 25.1 Å². The molecular formula is C18H25N3O2. The molecule has 0 atom stereocenters. The Morgan fingerprint density at radius 3 is 2.43 bits per heavy atom. The van der Waals surface area contributed by atoms with Crippen molar-refractivity contribution in [3.05, 3.63) is 36.0 Å². The Hall–Kier alpha value is -2.30. The first-order valence-corrected chi connectivity index (χ1v) is 8.08. The van der Waals surface area contributed by atoms with E-state index in [1.165, 1.54) is 5.39 Å². The third kappa shape index (κ3) is 3.92. The van der Waals surface area contributed by atoms with E-state index in [2.05, 4.69) is 21.7 Å². The van der Waals surface area contributed by atoms with Crippen LogP contribution in [0.4, 0.5) is 0 Å². The number of nitrogens with one attached hydrogen (secondary N) is 3. The zero-order valence-electron chi connectivity index (χ0n) is 14.0. The van der Waals surface area contributed by atoms with Crippen LogP contribution in [0.15, 0.2) is 30.5 Å². The summed E-state index contributed by atoms with van der Waals surface area (Å²) in [6.07, 6.45) is 3.54. The predicted molar refractivity (Wildman–Crippen MR) is 92.1 cm³/mol. The highest BCUT2D eigenvalue weighted by atomic mass is 16.2. The summed E-state index contributed by atoms with van der Waals surface area (Å²) in [4.78, 5) is 27.6. The van der Waals surface area contributed by atoms with Gasteiger partial charge in [-0.15, -0.1) is 0 Å². The van der Waals surface area contributed by atoms with E-state index in [9.17, 15) is 9.59 Å². The normalized spacial score (nSPS) is 11.4. The fourth-order valence-corrected chi connectivity index (χ4v) is 2.43. The molecule has 0 radical (unpaired) electrons. The van der Waals surface area contributed by atoms with Crippen LogP contribution in [0.3, 0.4) is 0 Å². The number of benzene rings is 1. The Morgan fingerprint density at radius 2 is 1.74 bits per heavy atom.